The molecular formula is C64H48F9N3O. The summed E-state index contributed by atoms with van der Waals surface area (Å²) in [5, 5.41) is 3.73. The molecule has 13 heteroatoms. The van der Waals surface area contributed by atoms with Crippen molar-refractivity contribution in [2.24, 2.45) is 0 Å². The van der Waals surface area contributed by atoms with Crippen molar-refractivity contribution in [1.29, 1.82) is 0 Å². The number of Topliss-reactive ketones (excluding diaryl/α,β-unsaturated/α-hetero) is 1. The first-order valence-corrected chi connectivity index (χ1v) is 26.9. The second kappa shape index (κ2) is 14.2. The van der Waals surface area contributed by atoms with Gasteiger partial charge in [0.1, 0.15) is 0 Å². The van der Waals surface area contributed by atoms with Crippen LogP contribution in [0.15, 0.2) is 103 Å². The number of carbonyl (C=O) groups is 1. The van der Waals surface area contributed by atoms with Crippen molar-refractivity contribution in [3.8, 4) is 0 Å². The van der Waals surface area contributed by atoms with Crippen LogP contribution >= 0.6 is 0 Å². The predicted octanol–water partition coefficient (Wildman–Crippen LogP) is 17.8. The minimum Gasteiger partial charge on any atom is -0.308 e. The lowest BCUT2D eigenvalue weighted by Crippen LogP contribution is -2.63. The molecule has 5 aromatic heterocycles. The molecule has 2 fully saturated rings. The van der Waals surface area contributed by atoms with E-state index in [2.05, 4.69) is 51.1 Å². The summed E-state index contributed by atoms with van der Waals surface area (Å²) in [4.78, 5) is 20.6. The van der Waals surface area contributed by atoms with E-state index in [1.165, 1.54) is 0 Å². The van der Waals surface area contributed by atoms with Gasteiger partial charge >= 0.3 is 18.5 Å². The maximum Gasteiger partial charge on any atom is 0.416 e. The second-order valence-electron chi connectivity index (χ2n) is 24.6. The normalized spacial score (nSPS) is 20.4. The third-order valence-corrected chi connectivity index (χ3v) is 20.0. The van der Waals surface area contributed by atoms with Crippen LogP contribution in [0.5, 0.6) is 0 Å². The van der Waals surface area contributed by atoms with E-state index in [1.807, 2.05) is 57.3 Å². The van der Waals surface area contributed by atoms with Crippen molar-refractivity contribution in [2.75, 3.05) is 0 Å². The molecule has 77 heavy (non-hydrogen) atoms. The zero-order valence-electron chi connectivity index (χ0n) is 42.2. The molecule has 5 heterocycles. The van der Waals surface area contributed by atoms with Crippen LogP contribution < -0.4 is 0 Å². The van der Waals surface area contributed by atoms with Gasteiger partial charge in [0.2, 0.25) is 0 Å². The van der Waals surface area contributed by atoms with Gasteiger partial charge in [0.15, 0.2) is 5.78 Å². The van der Waals surface area contributed by atoms with Gasteiger partial charge < -0.3 is 8.80 Å². The Labute approximate surface area is 434 Å². The maximum absolute atomic E-state index is 15.5. The quantitative estimate of drug-likeness (QED) is 0.154. The molecule has 11 aromatic rings. The number of carbonyl (C=O) groups excluding carboxylic acids is 1. The molecule has 388 valence electrons. The van der Waals surface area contributed by atoms with Crippen molar-refractivity contribution in [3.63, 3.8) is 0 Å². The molecule has 0 amide bonds. The van der Waals surface area contributed by atoms with E-state index in [0.29, 0.717) is 45.1 Å². The standard InChI is InChI=1S/C64H48F9N3O/c1-58(2,3)31-22-41-37-26-40-44(56(77)51-35-14-6-4-12-33(35)50(40)34-13-5-7-15-36(34)51)29-48(37)75-46-27-39-43-24-32(61(62(65,66)67,63(68,69)70)64(71,72)73)25-45-52-49(76(55(43)45)47(39)28-38(46)42(23-31)54(41)75)30-74-57-53(52)59(16-8-9-17-59)20-21-60(57)18-10-11-19-60/h4-7,12-15,22-30,50-51H,8-11,16-21H2,1-3H3. The smallest absolute Gasteiger partial charge is 0.308 e. The summed E-state index contributed by atoms with van der Waals surface area (Å²) in [7, 11) is 0. The Hall–Kier alpha value is -6.89. The molecule has 0 atom stereocenters. The Morgan fingerprint density at radius 3 is 1.45 bits per heavy atom. The zero-order valence-corrected chi connectivity index (χ0v) is 42.2. The SMILES string of the molecule is CC(C)(C)c1cc2c3cc4c(cc3n3c5cc6c7cc(C(C(F)(F)F)(C(F)(F)F)C(F)(F)F)cc8c9c%10c(ncc9n(c6cc5c(c1)c23)c78)C1(CCCC1)CCC%101CCCC1)C(=O)C1c2ccccc2C4c2ccccc21. The molecule has 4 nitrogen and oxygen atoms in total. The highest BCUT2D eigenvalue weighted by molar-refractivity contribution is 6.30. The number of alkyl halides is 9. The van der Waals surface area contributed by atoms with E-state index in [0.717, 1.165) is 136 Å². The van der Waals surface area contributed by atoms with Gasteiger partial charge in [0, 0.05) is 60.0 Å². The molecule has 0 aliphatic heterocycles. The molecule has 2 spiro atoms. The summed E-state index contributed by atoms with van der Waals surface area (Å²) >= 11 is 0. The fourth-order valence-electron chi connectivity index (χ4n) is 16.6. The monoisotopic (exact) mass is 1050 g/mol. The fraction of sp³-hybridized carbons (Fsp3) is 0.344. The van der Waals surface area contributed by atoms with Gasteiger partial charge in [-0.3, -0.25) is 9.78 Å². The number of pyridine rings is 1. The van der Waals surface area contributed by atoms with Gasteiger partial charge in [-0.1, -0.05) is 95.0 Å². The van der Waals surface area contributed by atoms with E-state index in [4.69, 9.17) is 4.98 Å². The summed E-state index contributed by atoms with van der Waals surface area (Å²) in [5.74, 6) is -0.886. The van der Waals surface area contributed by atoms with E-state index < -0.39 is 40.8 Å². The first-order chi connectivity index (χ1) is 36.6. The number of fused-ring (bicyclic) bond motifs is 16. The van der Waals surface area contributed by atoms with Gasteiger partial charge in [-0.25, -0.2) is 0 Å². The summed E-state index contributed by atoms with van der Waals surface area (Å²) in [6.45, 7) is 6.36. The van der Waals surface area contributed by atoms with Crippen LogP contribution in [-0.2, 0) is 21.7 Å². The summed E-state index contributed by atoms with van der Waals surface area (Å²) < 4.78 is 144. The third-order valence-electron chi connectivity index (χ3n) is 20.0. The molecule has 2 saturated carbocycles. The lowest BCUT2D eigenvalue weighted by molar-refractivity contribution is -0.387. The van der Waals surface area contributed by atoms with Gasteiger partial charge in [-0.2, -0.15) is 39.5 Å². The molecule has 0 radical (unpaired) electrons. The zero-order chi connectivity index (χ0) is 53.0. The van der Waals surface area contributed by atoms with E-state index in [-0.39, 0.29) is 44.2 Å². The Balaban J connectivity index is 1.08. The Morgan fingerprint density at radius 1 is 0.481 bits per heavy atom. The summed E-state index contributed by atoms with van der Waals surface area (Å²) in [6, 6.07) is 29.2. The summed E-state index contributed by atoms with van der Waals surface area (Å²) in [6.07, 6.45) is -10.5. The number of hydrogen-bond acceptors (Lipinski definition) is 2. The molecule has 0 saturated heterocycles. The van der Waals surface area contributed by atoms with Gasteiger partial charge in [0.25, 0.3) is 5.41 Å². The number of hydrogen-bond donors (Lipinski definition) is 0. The van der Waals surface area contributed by atoms with Crippen LogP contribution in [0.25, 0.3) is 76.2 Å². The summed E-state index contributed by atoms with van der Waals surface area (Å²) in [5.41, 5.74) is 1.84. The molecule has 6 aliphatic carbocycles. The number of nitrogens with zero attached hydrogens (tertiary/aromatic N) is 3. The van der Waals surface area contributed by atoms with Crippen molar-refractivity contribution in [2.45, 2.75) is 137 Å². The highest BCUT2D eigenvalue weighted by Crippen LogP contribution is 2.64. The van der Waals surface area contributed by atoms with Crippen LogP contribution in [0.3, 0.4) is 0 Å². The lowest BCUT2D eigenvalue weighted by Gasteiger charge is -2.45. The third kappa shape index (κ3) is 5.40. The van der Waals surface area contributed by atoms with Crippen LogP contribution in [-0.4, -0.2) is 38.1 Å². The van der Waals surface area contributed by atoms with Crippen molar-refractivity contribution < 1.29 is 44.3 Å². The topological polar surface area (TPSA) is 38.8 Å². The molecule has 2 bridgehead atoms. The number of aromatic nitrogens is 3. The van der Waals surface area contributed by atoms with Gasteiger partial charge in [-0.05, 0) is 142 Å². The predicted molar refractivity (Wildman–Crippen MR) is 282 cm³/mol. The van der Waals surface area contributed by atoms with Crippen LogP contribution in [0, 0.1) is 0 Å². The molecule has 6 aliphatic rings. The first-order valence-electron chi connectivity index (χ1n) is 26.9. The number of rotatable bonds is 1. The number of benzene rings is 6. The van der Waals surface area contributed by atoms with E-state index in [1.54, 1.807) is 12.3 Å². The van der Waals surface area contributed by atoms with E-state index in [9.17, 15) is 0 Å². The van der Waals surface area contributed by atoms with Crippen molar-refractivity contribution >= 4 is 82.0 Å². The molecular weight excluding hydrogens is 998 g/mol. The average Bonchev–Trinajstić information content (AvgIpc) is 3.53. The van der Waals surface area contributed by atoms with Crippen molar-refractivity contribution in [3.05, 3.63) is 159 Å². The second-order valence-corrected chi connectivity index (χ2v) is 24.6. The highest BCUT2D eigenvalue weighted by atomic mass is 19.4. The van der Waals surface area contributed by atoms with E-state index >= 15 is 44.3 Å². The largest absolute Gasteiger partial charge is 0.416 e. The molecule has 6 aromatic carbocycles. The van der Waals surface area contributed by atoms with Gasteiger partial charge in [-0.15, -0.1) is 0 Å². The Kier molecular flexibility index (Phi) is 8.54. The maximum atomic E-state index is 15.5. The Morgan fingerprint density at radius 2 is 0.922 bits per heavy atom. The van der Waals surface area contributed by atoms with Crippen molar-refractivity contribution in [1.82, 2.24) is 13.8 Å². The van der Waals surface area contributed by atoms with Crippen LogP contribution in [0.2, 0.25) is 0 Å². The van der Waals surface area contributed by atoms with Crippen LogP contribution in [0.4, 0.5) is 39.5 Å². The fourth-order valence-corrected chi connectivity index (χ4v) is 16.6. The van der Waals surface area contributed by atoms with Crippen LogP contribution in [0.1, 0.15) is 157 Å². The first kappa shape index (κ1) is 46.2. The minimum absolute atomic E-state index is 0.0620. The Bertz CT molecular complexity index is 4370. The average molecular weight is 1050 g/mol. The molecule has 0 unspecified atom stereocenters. The molecule has 0 N–H and O–H groups in total. The number of ketones is 1. The number of halogens is 9. The van der Waals surface area contributed by atoms with Gasteiger partial charge in [0.05, 0.1) is 50.9 Å². The lowest BCUT2D eigenvalue weighted by atomic mass is 9.60. The molecule has 17 rings (SSSR count). The minimum atomic E-state index is -6.83. The highest BCUT2D eigenvalue weighted by Gasteiger charge is 2.84.